The summed E-state index contributed by atoms with van der Waals surface area (Å²) in [6.45, 7) is 1.88. The number of aryl methyl sites for hydroxylation is 1. The van der Waals surface area contributed by atoms with E-state index in [-0.39, 0.29) is 5.56 Å². The molecule has 0 saturated carbocycles. The number of phenols is 1. The molecular weight excluding hydrogens is 408 g/mol. The predicted molar refractivity (Wildman–Crippen MR) is 98.0 cm³/mol. The summed E-state index contributed by atoms with van der Waals surface area (Å²) in [5.74, 6) is -2.58. The summed E-state index contributed by atoms with van der Waals surface area (Å²) in [7, 11) is 0. The van der Waals surface area contributed by atoms with E-state index in [1.54, 1.807) is 24.3 Å². The summed E-state index contributed by atoms with van der Waals surface area (Å²) >= 11 is 3.07. The molecule has 0 spiro atoms. The standard InChI is InChI=1S/C16H13BrN4O5/c1-9-2-4-12(5-3-9)19-15(23)16(24)20-18-8-10-6-11(17)7-13(14(10)22)21(25)26/h2-8,22H,1H3,(H,19,23)(H,20,24)/b18-8-. The second-order valence-electron chi connectivity index (χ2n) is 5.14. The van der Waals surface area contributed by atoms with Crippen LogP contribution < -0.4 is 10.7 Å². The van der Waals surface area contributed by atoms with Crippen molar-refractivity contribution in [3.63, 3.8) is 0 Å². The van der Waals surface area contributed by atoms with Crippen LogP contribution in [0.3, 0.4) is 0 Å². The number of phenolic OH excluding ortho intramolecular Hbond substituents is 1. The Bertz CT molecular complexity index is 896. The van der Waals surface area contributed by atoms with Crippen molar-refractivity contribution in [3.05, 3.63) is 62.1 Å². The van der Waals surface area contributed by atoms with Gasteiger partial charge in [0, 0.05) is 21.8 Å². The summed E-state index contributed by atoms with van der Waals surface area (Å²) in [5, 5.41) is 26.6. The largest absolute Gasteiger partial charge is 0.502 e. The van der Waals surface area contributed by atoms with Gasteiger partial charge in [-0.3, -0.25) is 19.7 Å². The predicted octanol–water partition coefficient (Wildman–Crippen LogP) is 2.46. The first-order valence-electron chi connectivity index (χ1n) is 7.16. The number of aromatic hydroxyl groups is 1. The lowest BCUT2D eigenvalue weighted by molar-refractivity contribution is -0.385. The molecule has 2 aromatic carbocycles. The van der Waals surface area contributed by atoms with Gasteiger partial charge in [0.15, 0.2) is 0 Å². The molecule has 0 heterocycles. The number of nitro groups is 1. The van der Waals surface area contributed by atoms with Gasteiger partial charge in [-0.2, -0.15) is 5.10 Å². The lowest BCUT2D eigenvalue weighted by Crippen LogP contribution is -2.32. The number of hydrazone groups is 1. The number of hydrogen-bond acceptors (Lipinski definition) is 6. The molecule has 134 valence electrons. The molecule has 2 rings (SSSR count). The van der Waals surface area contributed by atoms with Gasteiger partial charge in [0.05, 0.1) is 11.1 Å². The van der Waals surface area contributed by atoms with Crippen LogP contribution in [0.15, 0.2) is 46.0 Å². The molecule has 0 bridgehead atoms. The number of carbonyl (C=O) groups excluding carboxylic acids is 2. The van der Waals surface area contributed by atoms with Gasteiger partial charge in [0.2, 0.25) is 5.75 Å². The highest BCUT2D eigenvalue weighted by Crippen LogP contribution is 2.32. The fourth-order valence-electron chi connectivity index (χ4n) is 1.88. The Morgan fingerprint density at radius 2 is 1.88 bits per heavy atom. The van der Waals surface area contributed by atoms with E-state index >= 15 is 0 Å². The monoisotopic (exact) mass is 420 g/mol. The normalized spacial score (nSPS) is 10.5. The van der Waals surface area contributed by atoms with Crippen molar-refractivity contribution in [1.29, 1.82) is 0 Å². The van der Waals surface area contributed by atoms with Crippen molar-refractivity contribution in [2.24, 2.45) is 5.10 Å². The smallest absolute Gasteiger partial charge is 0.329 e. The average molecular weight is 421 g/mol. The van der Waals surface area contributed by atoms with E-state index in [0.717, 1.165) is 17.8 Å². The maximum absolute atomic E-state index is 11.8. The van der Waals surface area contributed by atoms with Crippen molar-refractivity contribution in [3.8, 4) is 5.75 Å². The third kappa shape index (κ3) is 4.86. The van der Waals surface area contributed by atoms with Crippen LogP contribution in [0.4, 0.5) is 11.4 Å². The summed E-state index contributed by atoms with van der Waals surface area (Å²) in [5.41, 5.74) is 2.89. The van der Waals surface area contributed by atoms with Gasteiger partial charge in [-0.1, -0.05) is 33.6 Å². The fourth-order valence-corrected chi connectivity index (χ4v) is 2.34. The van der Waals surface area contributed by atoms with Gasteiger partial charge >= 0.3 is 17.5 Å². The zero-order valence-corrected chi connectivity index (χ0v) is 15.0. The number of rotatable bonds is 4. The van der Waals surface area contributed by atoms with Crippen molar-refractivity contribution in [2.45, 2.75) is 6.92 Å². The number of benzene rings is 2. The molecular formula is C16H13BrN4O5. The van der Waals surface area contributed by atoms with E-state index in [0.29, 0.717) is 10.2 Å². The van der Waals surface area contributed by atoms with Crippen molar-refractivity contribution in [2.75, 3.05) is 5.32 Å². The van der Waals surface area contributed by atoms with E-state index in [9.17, 15) is 24.8 Å². The van der Waals surface area contributed by atoms with Crippen molar-refractivity contribution in [1.82, 2.24) is 5.43 Å². The van der Waals surface area contributed by atoms with Crippen molar-refractivity contribution < 1.29 is 19.6 Å². The first-order valence-corrected chi connectivity index (χ1v) is 7.95. The van der Waals surface area contributed by atoms with Crippen LogP contribution in [0, 0.1) is 17.0 Å². The maximum atomic E-state index is 11.8. The highest BCUT2D eigenvalue weighted by Gasteiger charge is 2.18. The molecule has 9 nitrogen and oxygen atoms in total. The topological polar surface area (TPSA) is 134 Å². The fraction of sp³-hybridized carbons (Fsp3) is 0.0625. The van der Waals surface area contributed by atoms with Gasteiger partial charge in [-0.25, -0.2) is 5.43 Å². The van der Waals surface area contributed by atoms with Crippen LogP contribution in [0.2, 0.25) is 0 Å². The second kappa shape index (κ2) is 8.21. The summed E-state index contributed by atoms with van der Waals surface area (Å²) < 4.78 is 0.340. The number of amides is 2. The number of halogens is 1. The molecule has 10 heteroatoms. The second-order valence-corrected chi connectivity index (χ2v) is 6.05. The quantitative estimate of drug-likeness (QED) is 0.302. The third-order valence-corrected chi connectivity index (χ3v) is 3.62. The van der Waals surface area contributed by atoms with Crippen LogP contribution in [0.5, 0.6) is 5.75 Å². The minimum absolute atomic E-state index is 0.00897. The molecule has 26 heavy (non-hydrogen) atoms. The molecule has 0 aliphatic carbocycles. The number of carbonyl (C=O) groups is 2. The zero-order chi connectivity index (χ0) is 19.3. The van der Waals surface area contributed by atoms with Gasteiger partial charge in [-0.05, 0) is 25.1 Å². The van der Waals surface area contributed by atoms with Crippen LogP contribution in [0.25, 0.3) is 0 Å². The Morgan fingerprint density at radius 3 is 2.50 bits per heavy atom. The molecule has 0 atom stereocenters. The van der Waals surface area contributed by atoms with E-state index in [4.69, 9.17) is 0 Å². The van der Waals surface area contributed by atoms with Crippen molar-refractivity contribution >= 4 is 45.3 Å². The van der Waals surface area contributed by atoms with Gasteiger partial charge in [0.25, 0.3) is 0 Å². The molecule has 0 aromatic heterocycles. The Labute approximate surface area is 156 Å². The number of nitrogens with one attached hydrogen (secondary N) is 2. The highest BCUT2D eigenvalue weighted by atomic mass is 79.9. The van der Waals surface area contributed by atoms with Crippen LogP contribution >= 0.6 is 15.9 Å². The maximum Gasteiger partial charge on any atom is 0.329 e. The van der Waals surface area contributed by atoms with Gasteiger partial charge < -0.3 is 10.4 Å². The van der Waals surface area contributed by atoms with Crippen LogP contribution in [-0.2, 0) is 9.59 Å². The zero-order valence-electron chi connectivity index (χ0n) is 13.4. The molecule has 0 unspecified atom stereocenters. The summed E-state index contributed by atoms with van der Waals surface area (Å²) in [6, 6.07) is 9.32. The minimum Gasteiger partial charge on any atom is -0.502 e. The average Bonchev–Trinajstić information content (AvgIpc) is 2.59. The lowest BCUT2D eigenvalue weighted by atomic mass is 10.2. The van der Waals surface area contributed by atoms with Crippen LogP contribution in [0.1, 0.15) is 11.1 Å². The van der Waals surface area contributed by atoms with Gasteiger partial charge in [-0.15, -0.1) is 0 Å². The first kappa shape index (κ1) is 19.1. The van der Waals surface area contributed by atoms with E-state index in [1.165, 1.54) is 6.07 Å². The number of nitrogens with zero attached hydrogens (tertiary/aromatic N) is 2. The Balaban J connectivity index is 2.03. The lowest BCUT2D eigenvalue weighted by Gasteiger charge is -2.04. The van der Waals surface area contributed by atoms with Gasteiger partial charge in [0.1, 0.15) is 0 Å². The van der Waals surface area contributed by atoms with E-state index in [1.807, 2.05) is 12.3 Å². The Kier molecular flexibility index (Phi) is 6.02. The molecule has 0 fully saturated rings. The number of nitro benzene ring substituents is 1. The minimum atomic E-state index is -1.04. The molecule has 3 N–H and O–H groups in total. The Morgan fingerprint density at radius 1 is 1.23 bits per heavy atom. The number of hydrogen-bond donors (Lipinski definition) is 3. The molecule has 0 saturated heterocycles. The summed E-state index contributed by atoms with van der Waals surface area (Å²) in [4.78, 5) is 33.6. The molecule has 0 aliphatic heterocycles. The highest BCUT2D eigenvalue weighted by molar-refractivity contribution is 9.10. The Hall–Kier alpha value is -3.27. The van der Waals surface area contributed by atoms with E-state index < -0.39 is 28.2 Å². The van der Waals surface area contributed by atoms with Crippen LogP contribution in [-0.4, -0.2) is 28.1 Å². The molecule has 2 amide bonds. The summed E-state index contributed by atoms with van der Waals surface area (Å²) in [6.07, 6.45) is 0.990. The third-order valence-electron chi connectivity index (χ3n) is 3.17. The molecule has 2 aromatic rings. The first-order chi connectivity index (χ1) is 12.3. The SMILES string of the molecule is Cc1ccc(NC(=O)C(=O)N/N=C\c2cc(Br)cc([N+](=O)[O-])c2O)cc1. The molecule has 0 aliphatic rings. The number of anilines is 1. The van der Waals surface area contributed by atoms with E-state index in [2.05, 4.69) is 26.3 Å². The molecule has 0 radical (unpaired) electrons.